The van der Waals surface area contributed by atoms with Gasteiger partial charge in [0.05, 0.1) is 14.8 Å². The molecule has 0 spiro atoms. The number of halogens is 3. The molecule has 1 unspecified atom stereocenters. The highest BCUT2D eigenvalue weighted by Gasteiger charge is 2.16. The minimum absolute atomic E-state index is 0.162. The van der Waals surface area contributed by atoms with Gasteiger partial charge in [-0.2, -0.15) is 0 Å². The molecule has 1 atom stereocenters. The Kier molecular flexibility index (Phi) is 4.91. The maximum absolute atomic E-state index is 5.40. The third-order valence-corrected chi connectivity index (χ3v) is 5.67. The third kappa shape index (κ3) is 3.24. The van der Waals surface area contributed by atoms with Crippen LogP contribution in [0.5, 0.6) is 5.75 Å². The predicted molar refractivity (Wildman–Crippen MR) is 88.5 cm³/mol. The number of ether oxygens (including phenoxy) is 1. The first-order valence-electron chi connectivity index (χ1n) is 4.83. The summed E-state index contributed by atoms with van der Waals surface area (Å²) in [7, 11) is 1.70. The summed E-state index contributed by atoms with van der Waals surface area (Å²) < 4.78 is 7.75. The standard InChI is InChI=1S/C12H9Br2IOS/c1-16-10-3-2-8(13)5-9(10)12(14)7-4-11(15)17-6-7/h2-6,12H,1H3. The van der Waals surface area contributed by atoms with E-state index in [-0.39, 0.29) is 4.83 Å². The van der Waals surface area contributed by atoms with E-state index in [1.165, 1.54) is 8.45 Å². The molecule has 5 heteroatoms. The normalized spacial score (nSPS) is 12.5. The zero-order valence-corrected chi connectivity index (χ0v) is 15.1. The predicted octanol–water partition coefficient (Wildman–Crippen LogP) is 5.61. The molecule has 2 rings (SSSR count). The van der Waals surface area contributed by atoms with Crippen LogP contribution in [0, 0.1) is 2.88 Å². The average Bonchev–Trinajstić information content (AvgIpc) is 2.75. The van der Waals surface area contributed by atoms with Gasteiger partial charge in [-0.15, -0.1) is 11.3 Å². The molecule has 1 aromatic carbocycles. The molecule has 17 heavy (non-hydrogen) atoms. The fourth-order valence-electron chi connectivity index (χ4n) is 1.54. The Morgan fingerprint density at radius 3 is 2.71 bits per heavy atom. The highest BCUT2D eigenvalue weighted by atomic mass is 127. The molecule has 0 aliphatic heterocycles. The second-order valence-corrected chi connectivity index (χ2v) is 8.07. The Labute approximate surface area is 135 Å². The van der Waals surface area contributed by atoms with Crippen LogP contribution in [-0.4, -0.2) is 7.11 Å². The van der Waals surface area contributed by atoms with Gasteiger partial charge in [-0.1, -0.05) is 31.9 Å². The van der Waals surface area contributed by atoms with Crippen molar-refractivity contribution in [3.8, 4) is 5.75 Å². The average molecular weight is 488 g/mol. The lowest BCUT2D eigenvalue weighted by molar-refractivity contribution is 0.410. The molecule has 0 aliphatic rings. The Morgan fingerprint density at radius 2 is 2.12 bits per heavy atom. The summed E-state index contributed by atoms with van der Waals surface area (Å²) >= 11 is 11.3. The van der Waals surface area contributed by atoms with Crippen molar-refractivity contribution in [3.05, 3.63) is 48.1 Å². The van der Waals surface area contributed by atoms with Crippen LogP contribution in [0.2, 0.25) is 0 Å². The van der Waals surface area contributed by atoms with Crippen LogP contribution < -0.4 is 4.74 Å². The van der Waals surface area contributed by atoms with E-state index < -0.39 is 0 Å². The van der Waals surface area contributed by atoms with Gasteiger partial charge in [0.2, 0.25) is 0 Å². The van der Waals surface area contributed by atoms with Crippen LogP contribution in [0.15, 0.2) is 34.1 Å². The quantitative estimate of drug-likeness (QED) is 0.404. The number of hydrogen-bond acceptors (Lipinski definition) is 2. The van der Waals surface area contributed by atoms with Crippen LogP contribution >= 0.6 is 65.8 Å². The van der Waals surface area contributed by atoms with E-state index in [1.54, 1.807) is 18.4 Å². The molecule has 2 aromatic rings. The van der Waals surface area contributed by atoms with E-state index in [0.29, 0.717) is 0 Å². The van der Waals surface area contributed by atoms with E-state index >= 15 is 0 Å². The Hall–Kier alpha value is 0.410. The summed E-state index contributed by atoms with van der Waals surface area (Å²) in [4.78, 5) is 0.162. The molecule has 0 saturated heterocycles. The summed E-state index contributed by atoms with van der Waals surface area (Å²) in [5.74, 6) is 0.899. The fraction of sp³-hybridized carbons (Fsp3) is 0.167. The van der Waals surface area contributed by atoms with Crippen LogP contribution in [0.3, 0.4) is 0 Å². The molecule has 90 valence electrons. The molecule has 0 fully saturated rings. The number of thiophene rings is 1. The van der Waals surface area contributed by atoms with E-state index in [4.69, 9.17) is 4.74 Å². The lowest BCUT2D eigenvalue weighted by Gasteiger charge is -2.13. The largest absolute Gasteiger partial charge is 0.496 e. The highest BCUT2D eigenvalue weighted by Crippen LogP contribution is 2.39. The lowest BCUT2D eigenvalue weighted by atomic mass is 10.1. The van der Waals surface area contributed by atoms with Gasteiger partial charge in [0.15, 0.2) is 0 Å². The van der Waals surface area contributed by atoms with Crippen molar-refractivity contribution in [3.63, 3.8) is 0 Å². The number of methoxy groups -OCH3 is 1. The van der Waals surface area contributed by atoms with Crippen LogP contribution in [-0.2, 0) is 0 Å². The topological polar surface area (TPSA) is 9.23 Å². The summed E-state index contributed by atoms with van der Waals surface area (Å²) in [6.45, 7) is 0. The molecule has 0 bridgehead atoms. The van der Waals surface area contributed by atoms with Gasteiger partial charge >= 0.3 is 0 Å². The molecule has 0 amide bonds. The van der Waals surface area contributed by atoms with Gasteiger partial charge in [-0.25, -0.2) is 0 Å². The van der Waals surface area contributed by atoms with Crippen LogP contribution in [0.4, 0.5) is 0 Å². The Bertz CT molecular complexity index is 527. The van der Waals surface area contributed by atoms with Gasteiger partial charge in [0.1, 0.15) is 5.75 Å². The van der Waals surface area contributed by atoms with Gasteiger partial charge in [-0.05, 0) is 57.8 Å². The van der Waals surface area contributed by atoms with Crippen molar-refractivity contribution in [2.45, 2.75) is 4.83 Å². The first kappa shape index (κ1) is 13.8. The van der Waals surface area contributed by atoms with E-state index in [0.717, 1.165) is 15.8 Å². The van der Waals surface area contributed by atoms with E-state index in [1.807, 2.05) is 12.1 Å². The molecule has 1 heterocycles. The summed E-state index contributed by atoms with van der Waals surface area (Å²) in [5, 5.41) is 2.17. The second-order valence-electron chi connectivity index (χ2n) is 3.43. The van der Waals surface area contributed by atoms with Gasteiger partial charge < -0.3 is 4.74 Å². The fourth-order valence-corrected chi connectivity index (χ4v) is 4.11. The maximum Gasteiger partial charge on any atom is 0.123 e. The molecule has 0 aliphatic carbocycles. The zero-order chi connectivity index (χ0) is 12.4. The van der Waals surface area contributed by atoms with Crippen molar-refractivity contribution >= 4 is 65.8 Å². The molecule has 0 radical (unpaired) electrons. The summed E-state index contributed by atoms with van der Waals surface area (Å²) in [6.07, 6.45) is 0. The zero-order valence-electron chi connectivity index (χ0n) is 8.91. The first-order valence-corrected chi connectivity index (χ1v) is 8.50. The molecule has 0 N–H and O–H groups in total. The van der Waals surface area contributed by atoms with Crippen molar-refractivity contribution < 1.29 is 4.74 Å². The SMILES string of the molecule is COc1ccc(Br)cc1C(Br)c1csc(I)c1. The lowest BCUT2D eigenvalue weighted by Crippen LogP contribution is -1.96. The molecule has 0 saturated carbocycles. The third-order valence-electron chi connectivity index (χ3n) is 2.35. The summed E-state index contributed by atoms with van der Waals surface area (Å²) in [6, 6.07) is 8.23. The molecule has 1 aromatic heterocycles. The smallest absolute Gasteiger partial charge is 0.123 e. The Balaban J connectivity index is 2.42. The Morgan fingerprint density at radius 1 is 1.35 bits per heavy atom. The van der Waals surface area contributed by atoms with Crippen LogP contribution in [0.1, 0.15) is 16.0 Å². The number of rotatable bonds is 3. The van der Waals surface area contributed by atoms with Crippen molar-refractivity contribution in [1.29, 1.82) is 0 Å². The van der Waals surface area contributed by atoms with Crippen molar-refractivity contribution in [2.24, 2.45) is 0 Å². The molecular weight excluding hydrogens is 479 g/mol. The van der Waals surface area contributed by atoms with E-state index in [2.05, 4.69) is 72.0 Å². The maximum atomic E-state index is 5.40. The summed E-state index contributed by atoms with van der Waals surface area (Å²) in [5.41, 5.74) is 2.40. The first-order chi connectivity index (χ1) is 8.11. The molecular formula is C12H9Br2IOS. The van der Waals surface area contributed by atoms with E-state index in [9.17, 15) is 0 Å². The van der Waals surface area contributed by atoms with Gasteiger partial charge in [0.25, 0.3) is 0 Å². The second kappa shape index (κ2) is 6.04. The van der Waals surface area contributed by atoms with Crippen molar-refractivity contribution in [1.82, 2.24) is 0 Å². The highest BCUT2D eigenvalue weighted by molar-refractivity contribution is 14.1. The monoisotopic (exact) mass is 486 g/mol. The number of hydrogen-bond donors (Lipinski definition) is 0. The van der Waals surface area contributed by atoms with Crippen LogP contribution in [0.25, 0.3) is 0 Å². The van der Waals surface area contributed by atoms with Gasteiger partial charge in [-0.3, -0.25) is 0 Å². The van der Waals surface area contributed by atoms with Crippen molar-refractivity contribution in [2.75, 3.05) is 7.11 Å². The van der Waals surface area contributed by atoms with Gasteiger partial charge in [0, 0.05) is 10.0 Å². The molecule has 1 nitrogen and oxygen atoms in total. The minimum atomic E-state index is 0.162. The number of alkyl halides is 1. The minimum Gasteiger partial charge on any atom is -0.496 e. The number of benzene rings is 1.